The molecule has 0 bridgehead atoms. The second kappa shape index (κ2) is 8.11. The predicted octanol–water partition coefficient (Wildman–Crippen LogP) is 2.83. The van der Waals surface area contributed by atoms with Crippen molar-refractivity contribution in [1.82, 2.24) is 5.32 Å². The summed E-state index contributed by atoms with van der Waals surface area (Å²) in [4.78, 5) is 0. The van der Waals surface area contributed by atoms with E-state index in [0.29, 0.717) is 6.42 Å². The Balaban J connectivity index is 2.67. The van der Waals surface area contributed by atoms with Gasteiger partial charge in [0.25, 0.3) is 0 Å². The molecule has 1 aromatic carbocycles. The van der Waals surface area contributed by atoms with Crippen molar-refractivity contribution in [3.05, 3.63) is 29.8 Å². The summed E-state index contributed by atoms with van der Waals surface area (Å²) < 4.78 is 43.6. The number of aliphatic hydroxyl groups is 1. The summed E-state index contributed by atoms with van der Waals surface area (Å²) in [6.45, 7) is 2.77. The molecule has 0 aliphatic heterocycles. The molecule has 6 heteroatoms. The van der Waals surface area contributed by atoms with Crippen molar-refractivity contribution in [1.29, 1.82) is 0 Å². The van der Waals surface area contributed by atoms with Gasteiger partial charge in [0.15, 0.2) is 0 Å². The van der Waals surface area contributed by atoms with Crippen molar-refractivity contribution in [3.63, 3.8) is 0 Å². The average Bonchev–Trinajstić information content (AvgIpc) is 2.41. The molecule has 1 aromatic rings. The molecule has 0 aromatic heterocycles. The maximum atomic E-state index is 12.8. The van der Waals surface area contributed by atoms with Gasteiger partial charge in [0.05, 0.1) is 5.56 Å². The summed E-state index contributed by atoms with van der Waals surface area (Å²) in [6.07, 6.45) is -3.09. The van der Waals surface area contributed by atoms with Crippen molar-refractivity contribution >= 4 is 0 Å². The molecule has 0 spiro atoms. The summed E-state index contributed by atoms with van der Waals surface area (Å²) in [5, 5.41) is 12.1. The fourth-order valence-electron chi connectivity index (χ4n) is 1.77. The summed E-state index contributed by atoms with van der Waals surface area (Å²) in [7, 11) is 0. The zero-order valence-corrected chi connectivity index (χ0v) is 11.4. The number of benzene rings is 1. The van der Waals surface area contributed by atoms with Gasteiger partial charge in [-0.3, -0.25) is 0 Å². The van der Waals surface area contributed by atoms with E-state index in [9.17, 15) is 13.2 Å². The van der Waals surface area contributed by atoms with Crippen molar-refractivity contribution in [3.8, 4) is 5.75 Å². The van der Waals surface area contributed by atoms with Crippen molar-refractivity contribution < 1.29 is 23.0 Å². The maximum Gasteiger partial charge on any atom is 0.419 e. The number of alkyl halides is 3. The fourth-order valence-corrected chi connectivity index (χ4v) is 1.77. The van der Waals surface area contributed by atoms with Crippen molar-refractivity contribution in [2.45, 2.75) is 32.0 Å². The molecule has 0 fully saturated rings. The van der Waals surface area contributed by atoms with Crippen LogP contribution in [0, 0.1) is 0 Å². The fraction of sp³-hybridized carbons (Fsp3) is 0.571. The molecule has 0 amide bonds. The Morgan fingerprint density at radius 3 is 2.60 bits per heavy atom. The highest BCUT2D eigenvalue weighted by Crippen LogP contribution is 2.35. The number of halogens is 3. The SMILES string of the molecule is CCCNC(CCO)COc1ccccc1C(F)(F)F. The third-order valence-electron chi connectivity index (χ3n) is 2.79. The van der Waals surface area contributed by atoms with Crippen LogP contribution in [0.2, 0.25) is 0 Å². The van der Waals surface area contributed by atoms with Crippen LogP contribution in [0.25, 0.3) is 0 Å². The van der Waals surface area contributed by atoms with Crippen LogP contribution in [0.4, 0.5) is 13.2 Å². The van der Waals surface area contributed by atoms with E-state index in [1.54, 1.807) is 0 Å². The molecule has 3 nitrogen and oxygen atoms in total. The first kappa shape index (κ1) is 16.8. The molecule has 0 aliphatic carbocycles. The number of nitrogens with one attached hydrogen (secondary N) is 1. The van der Waals surface area contributed by atoms with Crippen LogP contribution in [0.1, 0.15) is 25.3 Å². The minimum absolute atomic E-state index is 0.0361. The number of para-hydroxylation sites is 1. The van der Waals surface area contributed by atoms with Gasteiger partial charge in [-0.2, -0.15) is 13.2 Å². The summed E-state index contributed by atoms with van der Waals surface area (Å²) in [5.74, 6) is -0.179. The van der Waals surface area contributed by atoms with Crippen LogP contribution >= 0.6 is 0 Å². The summed E-state index contributed by atoms with van der Waals surface area (Å²) in [5.41, 5.74) is -0.779. The molecule has 0 heterocycles. The highest BCUT2D eigenvalue weighted by molar-refractivity contribution is 5.35. The van der Waals surface area contributed by atoms with E-state index in [4.69, 9.17) is 9.84 Å². The van der Waals surface area contributed by atoms with E-state index in [2.05, 4.69) is 5.32 Å². The second-order valence-electron chi connectivity index (χ2n) is 4.47. The number of hydrogen-bond acceptors (Lipinski definition) is 3. The molecule has 1 rings (SSSR count). The Morgan fingerprint density at radius 2 is 2.00 bits per heavy atom. The van der Waals surface area contributed by atoms with E-state index >= 15 is 0 Å². The van der Waals surface area contributed by atoms with Crippen molar-refractivity contribution in [2.24, 2.45) is 0 Å². The third-order valence-corrected chi connectivity index (χ3v) is 2.79. The largest absolute Gasteiger partial charge is 0.491 e. The minimum atomic E-state index is -4.43. The Bertz CT molecular complexity index is 396. The van der Waals surface area contributed by atoms with Crippen LogP contribution in [0.15, 0.2) is 24.3 Å². The normalized spacial score (nSPS) is 13.2. The van der Waals surface area contributed by atoms with Gasteiger partial charge in [-0.15, -0.1) is 0 Å². The minimum Gasteiger partial charge on any atom is -0.491 e. The van der Waals surface area contributed by atoms with Crippen molar-refractivity contribution in [2.75, 3.05) is 19.8 Å². The molecule has 2 N–H and O–H groups in total. The standard InChI is InChI=1S/C14H20F3NO2/c1-2-8-18-11(7-9-19)10-20-13-6-4-3-5-12(13)14(15,16)17/h3-6,11,18-19H,2,7-10H2,1H3. The van der Waals surface area contributed by atoms with Crippen LogP contribution < -0.4 is 10.1 Å². The maximum absolute atomic E-state index is 12.8. The Morgan fingerprint density at radius 1 is 1.30 bits per heavy atom. The average molecular weight is 291 g/mol. The summed E-state index contributed by atoms with van der Waals surface area (Å²) in [6, 6.07) is 4.97. The molecule has 1 atom stereocenters. The molecule has 0 radical (unpaired) electrons. The van der Waals surface area contributed by atoms with E-state index in [0.717, 1.165) is 19.0 Å². The van der Waals surface area contributed by atoms with Gasteiger partial charge >= 0.3 is 6.18 Å². The van der Waals surface area contributed by atoms with Gasteiger partial charge in [-0.05, 0) is 31.5 Å². The Hall–Kier alpha value is -1.27. The first-order valence-corrected chi connectivity index (χ1v) is 6.62. The van der Waals surface area contributed by atoms with Crippen LogP contribution in [0.3, 0.4) is 0 Å². The molecule has 0 saturated heterocycles. The zero-order valence-electron chi connectivity index (χ0n) is 11.4. The molecule has 0 saturated carbocycles. The lowest BCUT2D eigenvalue weighted by Crippen LogP contribution is -2.36. The van der Waals surface area contributed by atoms with E-state index in [1.807, 2.05) is 6.92 Å². The quantitative estimate of drug-likeness (QED) is 0.774. The van der Waals surface area contributed by atoms with Gasteiger partial charge in [0.2, 0.25) is 0 Å². The Kier molecular flexibility index (Phi) is 6.81. The monoisotopic (exact) mass is 291 g/mol. The number of aliphatic hydroxyl groups excluding tert-OH is 1. The first-order chi connectivity index (χ1) is 9.49. The molecule has 0 aliphatic rings. The Labute approximate surface area is 116 Å². The van der Waals surface area contributed by atoms with Crippen LogP contribution in [0.5, 0.6) is 5.75 Å². The molecular formula is C14H20F3NO2. The number of ether oxygens (including phenoxy) is 1. The number of rotatable bonds is 8. The smallest absolute Gasteiger partial charge is 0.419 e. The predicted molar refractivity (Wildman–Crippen MR) is 70.7 cm³/mol. The zero-order chi connectivity index (χ0) is 15.0. The van der Waals surface area contributed by atoms with Gasteiger partial charge in [-0.1, -0.05) is 19.1 Å². The summed E-state index contributed by atoms with van der Waals surface area (Å²) >= 11 is 0. The van der Waals surface area contributed by atoms with Gasteiger partial charge < -0.3 is 15.2 Å². The lowest BCUT2D eigenvalue weighted by molar-refractivity contribution is -0.139. The molecule has 114 valence electrons. The van der Waals surface area contributed by atoms with Crippen LogP contribution in [-0.2, 0) is 6.18 Å². The van der Waals surface area contributed by atoms with Crippen LogP contribution in [-0.4, -0.2) is 30.9 Å². The molecule has 1 unspecified atom stereocenters. The van der Waals surface area contributed by atoms with E-state index < -0.39 is 11.7 Å². The highest BCUT2D eigenvalue weighted by atomic mass is 19.4. The van der Waals surface area contributed by atoms with Gasteiger partial charge in [0.1, 0.15) is 12.4 Å². The second-order valence-corrected chi connectivity index (χ2v) is 4.47. The topological polar surface area (TPSA) is 41.5 Å². The van der Waals surface area contributed by atoms with Gasteiger partial charge in [-0.25, -0.2) is 0 Å². The highest BCUT2D eigenvalue weighted by Gasteiger charge is 2.34. The number of hydrogen-bond donors (Lipinski definition) is 2. The van der Waals surface area contributed by atoms with E-state index in [1.165, 1.54) is 18.2 Å². The van der Waals surface area contributed by atoms with Gasteiger partial charge in [0, 0.05) is 12.6 Å². The first-order valence-electron chi connectivity index (χ1n) is 6.62. The van der Waals surface area contributed by atoms with E-state index in [-0.39, 0.29) is 25.0 Å². The molecular weight excluding hydrogens is 271 g/mol. The lowest BCUT2D eigenvalue weighted by Gasteiger charge is -2.20. The third kappa shape index (κ3) is 5.38. The lowest BCUT2D eigenvalue weighted by atomic mass is 10.2. The molecule has 20 heavy (non-hydrogen) atoms.